The molecule has 0 aliphatic rings. The van der Waals surface area contributed by atoms with Crippen LogP contribution in [0, 0.1) is 0 Å². The molecule has 5 heteroatoms. The molecule has 0 heterocycles. The molecule has 0 aliphatic carbocycles. The number of ether oxygens (including phenoxy) is 1. The van der Waals surface area contributed by atoms with Crippen molar-refractivity contribution >= 4 is 23.0 Å². The van der Waals surface area contributed by atoms with Crippen LogP contribution in [0.5, 0.6) is 5.75 Å². The van der Waals surface area contributed by atoms with E-state index in [1.54, 1.807) is 18.2 Å². The maximum atomic E-state index is 12.3. The van der Waals surface area contributed by atoms with E-state index in [1.165, 1.54) is 0 Å². The number of carbonyl (C=O) groups is 1. The molecule has 0 atom stereocenters. The number of anilines is 3. The van der Waals surface area contributed by atoms with Crippen LogP contribution in [0.4, 0.5) is 17.1 Å². The lowest BCUT2D eigenvalue weighted by Crippen LogP contribution is -2.13. The van der Waals surface area contributed by atoms with E-state index in [1.807, 2.05) is 57.1 Å². The van der Waals surface area contributed by atoms with Gasteiger partial charge in [0.15, 0.2) is 0 Å². The molecule has 0 saturated heterocycles. The summed E-state index contributed by atoms with van der Waals surface area (Å²) in [4.78, 5) is 14.3. The SMILES string of the molecule is CC(C)Oc1ccc(C(=O)Nc2ccc(N(C)C)cc2)cc1N. The molecule has 0 aromatic heterocycles. The van der Waals surface area contributed by atoms with Gasteiger partial charge in [-0.15, -0.1) is 0 Å². The van der Waals surface area contributed by atoms with Gasteiger partial charge < -0.3 is 20.7 Å². The summed E-state index contributed by atoms with van der Waals surface area (Å²) in [6.07, 6.45) is 0.0344. The fraction of sp³-hybridized carbons (Fsp3) is 0.278. The topological polar surface area (TPSA) is 67.6 Å². The fourth-order valence-electron chi connectivity index (χ4n) is 2.10. The molecule has 0 fully saturated rings. The third-order valence-corrected chi connectivity index (χ3v) is 3.28. The minimum absolute atomic E-state index is 0.0344. The summed E-state index contributed by atoms with van der Waals surface area (Å²) in [6.45, 7) is 3.86. The van der Waals surface area contributed by atoms with Crippen LogP contribution in [0.1, 0.15) is 24.2 Å². The number of hydrogen-bond donors (Lipinski definition) is 2. The van der Waals surface area contributed by atoms with E-state index in [-0.39, 0.29) is 12.0 Å². The van der Waals surface area contributed by atoms with Crippen LogP contribution in [0.25, 0.3) is 0 Å². The molecule has 0 aliphatic heterocycles. The first-order chi connectivity index (χ1) is 10.9. The van der Waals surface area contributed by atoms with Gasteiger partial charge in [-0.1, -0.05) is 0 Å². The Morgan fingerprint density at radius 3 is 2.30 bits per heavy atom. The van der Waals surface area contributed by atoms with Crippen LogP contribution in [-0.2, 0) is 0 Å². The predicted octanol–water partition coefficient (Wildman–Crippen LogP) is 3.37. The number of rotatable bonds is 5. The lowest BCUT2D eigenvalue weighted by atomic mass is 10.1. The molecule has 0 unspecified atom stereocenters. The Morgan fingerprint density at radius 2 is 1.78 bits per heavy atom. The smallest absolute Gasteiger partial charge is 0.255 e. The Bertz CT molecular complexity index is 679. The van der Waals surface area contributed by atoms with Crippen molar-refractivity contribution in [3.63, 3.8) is 0 Å². The van der Waals surface area contributed by atoms with Gasteiger partial charge in [-0.25, -0.2) is 0 Å². The standard InChI is InChI=1S/C18H23N3O2/c1-12(2)23-17-10-5-13(11-16(17)19)18(22)20-14-6-8-15(9-7-14)21(3)4/h5-12H,19H2,1-4H3,(H,20,22). The van der Waals surface area contributed by atoms with Crippen molar-refractivity contribution in [1.82, 2.24) is 0 Å². The molecule has 5 nitrogen and oxygen atoms in total. The molecule has 122 valence electrons. The molecule has 0 radical (unpaired) electrons. The first-order valence-electron chi connectivity index (χ1n) is 7.51. The summed E-state index contributed by atoms with van der Waals surface area (Å²) in [6, 6.07) is 12.7. The molecular weight excluding hydrogens is 290 g/mol. The molecule has 2 aromatic rings. The first kappa shape index (κ1) is 16.7. The van der Waals surface area contributed by atoms with Crippen LogP contribution in [0.15, 0.2) is 42.5 Å². The number of nitrogens with one attached hydrogen (secondary N) is 1. The maximum Gasteiger partial charge on any atom is 0.255 e. The van der Waals surface area contributed by atoms with Gasteiger partial charge in [0.05, 0.1) is 11.8 Å². The summed E-state index contributed by atoms with van der Waals surface area (Å²) in [5, 5.41) is 2.86. The third kappa shape index (κ3) is 4.39. The summed E-state index contributed by atoms with van der Waals surface area (Å²) < 4.78 is 5.57. The van der Waals surface area contributed by atoms with E-state index < -0.39 is 0 Å². The highest BCUT2D eigenvalue weighted by Gasteiger charge is 2.10. The highest BCUT2D eigenvalue weighted by molar-refractivity contribution is 6.05. The molecule has 2 rings (SSSR count). The Kier molecular flexibility index (Phi) is 5.11. The predicted molar refractivity (Wildman–Crippen MR) is 95.3 cm³/mol. The number of nitrogen functional groups attached to an aromatic ring is 1. The van der Waals surface area contributed by atoms with Gasteiger partial charge in [0.25, 0.3) is 5.91 Å². The van der Waals surface area contributed by atoms with Crippen molar-refractivity contribution < 1.29 is 9.53 Å². The number of carbonyl (C=O) groups excluding carboxylic acids is 1. The number of hydrogen-bond acceptors (Lipinski definition) is 4. The summed E-state index contributed by atoms with van der Waals surface area (Å²) in [5.74, 6) is 0.386. The second-order valence-corrected chi connectivity index (χ2v) is 5.81. The van der Waals surface area contributed by atoms with Crippen LogP contribution >= 0.6 is 0 Å². The molecule has 1 amide bonds. The van der Waals surface area contributed by atoms with Crippen LogP contribution < -0.4 is 20.7 Å². The van der Waals surface area contributed by atoms with E-state index in [4.69, 9.17) is 10.5 Å². The zero-order valence-corrected chi connectivity index (χ0v) is 14.0. The van der Waals surface area contributed by atoms with E-state index in [9.17, 15) is 4.79 Å². The summed E-state index contributed by atoms with van der Waals surface area (Å²) >= 11 is 0. The average molecular weight is 313 g/mol. The molecular formula is C18H23N3O2. The highest BCUT2D eigenvalue weighted by atomic mass is 16.5. The Labute approximate surface area is 137 Å². The Hall–Kier alpha value is -2.69. The second-order valence-electron chi connectivity index (χ2n) is 5.81. The average Bonchev–Trinajstić information content (AvgIpc) is 2.49. The van der Waals surface area contributed by atoms with Crippen LogP contribution in [0.2, 0.25) is 0 Å². The second kappa shape index (κ2) is 7.05. The van der Waals surface area contributed by atoms with E-state index in [2.05, 4.69) is 5.32 Å². The van der Waals surface area contributed by atoms with Gasteiger partial charge in [0.1, 0.15) is 5.75 Å². The van der Waals surface area contributed by atoms with Crippen molar-refractivity contribution in [2.45, 2.75) is 20.0 Å². The van der Waals surface area contributed by atoms with E-state index >= 15 is 0 Å². The van der Waals surface area contributed by atoms with E-state index in [0.717, 1.165) is 11.4 Å². The van der Waals surface area contributed by atoms with Gasteiger partial charge in [-0.3, -0.25) is 4.79 Å². The maximum absolute atomic E-state index is 12.3. The van der Waals surface area contributed by atoms with Crippen molar-refractivity contribution in [3.8, 4) is 5.75 Å². The number of nitrogens with two attached hydrogens (primary N) is 1. The fourth-order valence-corrected chi connectivity index (χ4v) is 2.10. The van der Waals surface area contributed by atoms with Gasteiger partial charge in [-0.2, -0.15) is 0 Å². The normalized spacial score (nSPS) is 10.5. The van der Waals surface area contributed by atoms with Crippen molar-refractivity contribution in [2.75, 3.05) is 30.0 Å². The molecule has 3 N–H and O–H groups in total. The zero-order valence-electron chi connectivity index (χ0n) is 14.0. The largest absolute Gasteiger partial charge is 0.489 e. The third-order valence-electron chi connectivity index (χ3n) is 3.28. The lowest BCUT2D eigenvalue weighted by molar-refractivity contribution is 0.102. The van der Waals surface area contributed by atoms with Gasteiger partial charge in [0.2, 0.25) is 0 Å². The summed E-state index contributed by atoms with van der Waals surface area (Å²) in [5.41, 5.74) is 8.70. The van der Waals surface area contributed by atoms with Crippen LogP contribution in [-0.4, -0.2) is 26.1 Å². The first-order valence-corrected chi connectivity index (χ1v) is 7.51. The van der Waals surface area contributed by atoms with Gasteiger partial charge in [-0.05, 0) is 56.3 Å². The van der Waals surface area contributed by atoms with Gasteiger partial charge >= 0.3 is 0 Å². The Balaban J connectivity index is 2.10. The minimum Gasteiger partial charge on any atom is -0.489 e. The summed E-state index contributed by atoms with van der Waals surface area (Å²) in [7, 11) is 3.94. The van der Waals surface area contributed by atoms with E-state index in [0.29, 0.717) is 17.0 Å². The van der Waals surface area contributed by atoms with Crippen LogP contribution in [0.3, 0.4) is 0 Å². The number of benzene rings is 2. The molecule has 0 spiro atoms. The van der Waals surface area contributed by atoms with Crippen molar-refractivity contribution in [1.29, 1.82) is 0 Å². The highest BCUT2D eigenvalue weighted by Crippen LogP contribution is 2.24. The monoisotopic (exact) mass is 313 g/mol. The van der Waals surface area contributed by atoms with Crippen molar-refractivity contribution in [2.24, 2.45) is 0 Å². The molecule has 23 heavy (non-hydrogen) atoms. The molecule has 2 aromatic carbocycles. The number of amides is 1. The number of nitrogens with zero attached hydrogens (tertiary/aromatic N) is 1. The minimum atomic E-state index is -0.203. The molecule has 0 bridgehead atoms. The zero-order chi connectivity index (χ0) is 17.0. The lowest BCUT2D eigenvalue weighted by Gasteiger charge is -2.14. The van der Waals surface area contributed by atoms with Gasteiger partial charge in [0, 0.05) is 31.0 Å². The quantitative estimate of drug-likeness (QED) is 0.831. The Morgan fingerprint density at radius 1 is 1.13 bits per heavy atom. The van der Waals surface area contributed by atoms with Crippen molar-refractivity contribution in [3.05, 3.63) is 48.0 Å². The molecule has 0 saturated carbocycles.